The Morgan fingerprint density at radius 2 is 1.77 bits per heavy atom. The number of para-hydroxylation sites is 1. The zero-order valence-corrected chi connectivity index (χ0v) is 31.5. The average Bonchev–Trinajstić information content (AvgIpc) is 3.29. The van der Waals surface area contributed by atoms with Crippen molar-refractivity contribution in [2.75, 3.05) is 22.9 Å². The summed E-state index contributed by atoms with van der Waals surface area (Å²) in [5.74, 6) is 2.43. The third-order valence-electron chi connectivity index (χ3n) is 13.3. The molecule has 0 radical (unpaired) electrons. The molecule has 266 valence electrons. The van der Waals surface area contributed by atoms with Gasteiger partial charge < -0.3 is 15.1 Å². The Hall–Kier alpha value is -4.50. The monoisotopic (exact) mass is 685 g/mol. The van der Waals surface area contributed by atoms with E-state index in [-0.39, 0.29) is 5.41 Å². The fourth-order valence-electron chi connectivity index (χ4n) is 10.3. The topological polar surface area (TPSA) is 18.5 Å². The summed E-state index contributed by atoms with van der Waals surface area (Å²) in [5, 5.41) is 3.46. The normalized spacial score (nSPS) is 26.1. The van der Waals surface area contributed by atoms with Crippen LogP contribution in [0, 0.1) is 17.8 Å². The average molecular weight is 686 g/mol. The lowest BCUT2D eigenvalue weighted by atomic mass is 9.69. The van der Waals surface area contributed by atoms with Crippen LogP contribution in [0.15, 0.2) is 126 Å². The van der Waals surface area contributed by atoms with Crippen LogP contribution in [-0.2, 0) is 5.41 Å². The minimum atomic E-state index is 0.150. The van der Waals surface area contributed by atoms with Crippen molar-refractivity contribution in [1.29, 1.82) is 0 Å². The Balaban J connectivity index is 1.04. The van der Waals surface area contributed by atoms with Gasteiger partial charge in [-0.25, -0.2) is 0 Å². The number of allylic oxidation sites excluding steroid dienone is 9. The maximum absolute atomic E-state index is 3.46. The first-order valence-electron chi connectivity index (χ1n) is 20.2. The van der Waals surface area contributed by atoms with E-state index < -0.39 is 0 Å². The predicted molar refractivity (Wildman–Crippen MR) is 221 cm³/mol. The summed E-state index contributed by atoms with van der Waals surface area (Å²) in [6.07, 6.45) is 29.5. The van der Waals surface area contributed by atoms with Crippen LogP contribution in [0.3, 0.4) is 0 Å². The molecule has 3 aromatic carbocycles. The highest BCUT2D eigenvalue weighted by Crippen LogP contribution is 2.56. The van der Waals surface area contributed by atoms with Crippen molar-refractivity contribution in [1.82, 2.24) is 5.32 Å². The molecular formula is C49H55N3. The second-order valence-electron chi connectivity index (χ2n) is 16.8. The molecule has 0 fully saturated rings. The molecule has 4 atom stereocenters. The number of hydrogen-bond acceptors (Lipinski definition) is 3. The number of nitrogens with one attached hydrogen (secondary N) is 1. The minimum absolute atomic E-state index is 0.150. The third-order valence-corrected chi connectivity index (χ3v) is 13.3. The zero-order valence-electron chi connectivity index (χ0n) is 31.5. The van der Waals surface area contributed by atoms with Crippen LogP contribution >= 0.6 is 0 Å². The summed E-state index contributed by atoms with van der Waals surface area (Å²) in [7, 11) is 0. The van der Waals surface area contributed by atoms with Gasteiger partial charge in [-0.1, -0.05) is 99.2 Å². The van der Waals surface area contributed by atoms with Gasteiger partial charge in [0, 0.05) is 53.7 Å². The molecule has 2 heterocycles. The fraction of sp³-hybridized carbons (Fsp3) is 0.388. The molecule has 52 heavy (non-hydrogen) atoms. The fourth-order valence-corrected chi connectivity index (χ4v) is 10.3. The van der Waals surface area contributed by atoms with E-state index in [1.807, 2.05) is 0 Å². The van der Waals surface area contributed by atoms with Crippen molar-refractivity contribution in [3.8, 4) is 0 Å². The smallest absolute Gasteiger partial charge is 0.0481 e. The van der Waals surface area contributed by atoms with Crippen molar-refractivity contribution in [2.45, 2.75) is 89.9 Å². The van der Waals surface area contributed by atoms with Crippen LogP contribution < -0.4 is 15.1 Å². The number of rotatable bonds is 6. The van der Waals surface area contributed by atoms with Gasteiger partial charge in [0.25, 0.3) is 0 Å². The molecule has 0 bridgehead atoms. The van der Waals surface area contributed by atoms with Gasteiger partial charge in [0.05, 0.1) is 0 Å². The van der Waals surface area contributed by atoms with E-state index in [2.05, 4.69) is 151 Å². The first-order chi connectivity index (χ1) is 25.4. The first-order valence-corrected chi connectivity index (χ1v) is 20.2. The van der Waals surface area contributed by atoms with E-state index in [9.17, 15) is 0 Å². The third kappa shape index (κ3) is 6.10. The molecule has 4 unspecified atom stereocenters. The maximum Gasteiger partial charge on any atom is 0.0481 e. The van der Waals surface area contributed by atoms with Gasteiger partial charge in [0.2, 0.25) is 0 Å². The minimum Gasteiger partial charge on any atom is -0.391 e. The predicted octanol–water partition coefficient (Wildman–Crippen LogP) is 12.3. The van der Waals surface area contributed by atoms with Gasteiger partial charge >= 0.3 is 0 Å². The van der Waals surface area contributed by atoms with Gasteiger partial charge in [0.1, 0.15) is 0 Å². The summed E-state index contributed by atoms with van der Waals surface area (Å²) < 4.78 is 0. The second kappa shape index (κ2) is 13.8. The second-order valence-corrected chi connectivity index (χ2v) is 16.8. The van der Waals surface area contributed by atoms with Gasteiger partial charge in [-0.3, -0.25) is 0 Å². The lowest BCUT2D eigenvalue weighted by Gasteiger charge is -2.35. The van der Waals surface area contributed by atoms with Gasteiger partial charge in [0.15, 0.2) is 0 Å². The van der Waals surface area contributed by atoms with E-state index >= 15 is 0 Å². The Morgan fingerprint density at radius 1 is 0.904 bits per heavy atom. The SMILES string of the molecule is CC1C=CC2c3ccc(N(C4=CCC(C5=Cc6ccccc6N(C6=CC=CCC6)CC5)CC4)c4ccc(C5=CNCCC5)cc4)cc3C(C)(C)C2C1. The van der Waals surface area contributed by atoms with Crippen molar-refractivity contribution < 1.29 is 0 Å². The van der Waals surface area contributed by atoms with E-state index in [0.29, 0.717) is 23.7 Å². The van der Waals surface area contributed by atoms with E-state index in [4.69, 9.17) is 0 Å². The lowest BCUT2D eigenvalue weighted by Crippen LogP contribution is -2.29. The summed E-state index contributed by atoms with van der Waals surface area (Å²) in [5.41, 5.74) is 15.8. The number of anilines is 3. The van der Waals surface area contributed by atoms with E-state index in [0.717, 1.165) is 51.6 Å². The summed E-state index contributed by atoms with van der Waals surface area (Å²) in [4.78, 5) is 5.20. The van der Waals surface area contributed by atoms with Crippen LogP contribution in [0.25, 0.3) is 11.6 Å². The molecule has 3 nitrogen and oxygen atoms in total. The molecular weight excluding hydrogens is 631 g/mol. The van der Waals surface area contributed by atoms with E-state index in [1.165, 1.54) is 64.4 Å². The van der Waals surface area contributed by atoms with Crippen LogP contribution in [0.4, 0.5) is 17.1 Å². The Labute approximate surface area is 312 Å². The van der Waals surface area contributed by atoms with Crippen LogP contribution in [-0.4, -0.2) is 13.1 Å². The van der Waals surface area contributed by atoms with Crippen molar-refractivity contribution in [2.24, 2.45) is 17.8 Å². The number of hydrogen-bond donors (Lipinski definition) is 1. The van der Waals surface area contributed by atoms with Gasteiger partial charge in [-0.2, -0.15) is 0 Å². The molecule has 0 saturated heterocycles. The van der Waals surface area contributed by atoms with Crippen LogP contribution in [0.1, 0.15) is 107 Å². The Kier molecular flexibility index (Phi) is 8.85. The molecule has 0 saturated carbocycles. The molecule has 3 heteroatoms. The summed E-state index contributed by atoms with van der Waals surface area (Å²) in [6.45, 7) is 9.52. The highest BCUT2D eigenvalue weighted by atomic mass is 15.2. The quantitative estimate of drug-likeness (QED) is 0.261. The van der Waals surface area contributed by atoms with Gasteiger partial charge in [-0.15, -0.1) is 0 Å². The van der Waals surface area contributed by atoms with Crippen molar-refractivity contribution in [3.63, 3.8) is 0 Å². The molecule has 3 aromatic rings. The largest absolute Gasteiger partial charge is 0.391 e. The number of benzene rings is 3. The van der Waals surface area contributed by atoms with Crippen LogP contribution in [0.2, 0.25) is 0 Å². The first kappa shape index (κ1) is 33.3. The molecule has 1 N–H and O–H groups in total. The highest BCUT2D eigenvalue weighted by molar-refractivity contribution is 5.75. The Bertz CT molecular complexity index is 2020. The zero-order chi connectivity index (χ0) is 35.2. The van der Waals surface area contributed by atoms with Crippen molar-refractivity contribution >= 4 is 28.7 Å². The highest BCUT2D eigenvalue weighted by Gasteiger charge is 2.46. The maximum atomic E-state index is 3.46. The van der Waals surface area contributed by atoms with E-state index in [1.54, 1.807) is 16.7 Å². The van der Waals surface area contributed by atoms with Crippen LogP contribution in [0.5, 0.6) is 0 Å². The van der Waals surface area contributed by atoms with Gasteiger partial charge in [-0.05, 0) is 145 Å². The standard InChI is InChI=1S/C49H55N3/c1-34-15-25-44-45-26-24-43(32-47(45)49(2,3)46(44)30-34)52(42-22-18-36(19-23-42)39-11-9-28-50-33-39)41-20-16-35(17-21-41)37-27-29-51(40-12-5-4-6-13-40)48-14-8-7-10-38(48)31-37/h4-5,7-8,10,12,14-15,18-20,22-26,31-35,44,46,50H,6,9,11,13,16-17,21,27-30H2,1-3H3. The Morgan fingerprint density at radius 3 is 2.56 bits per heavy atom. The molecule has 4 aliphatic carbocycles. The number of fused-ring (bicyclic) bond motifs is 4. The lowest BCUT2D eigenvalue weighted by molar-refractivity contribution is 0.272. The number of nitrogens with zero attached hydrogens (tertiary/aromatic N) is 2. The molecule has 0 spiro atoms. The summed E-state index contributed by atoms with van der Waals surface area (Å²) in [6, 6.07) is 26.0. The molecule has 2 aliphatic heterocycles. The molecule has 0 amide bonds. The molecule has 0 aromatic heterocycles. The molecule has 9 rings (SSSR count). The summed E-state index contributed by atoms with van der Waals surface area (Å²) >= 11 is 0. The van der Waals surface area contributed by atoms with Crippen molar-refractivity contribution in [3.05, 3.63) is 149 Å². The molecule has 6 aliphatic rings.